The van der Waals surface area contributed by atoms with Crippen molar-refractivity contribution in [1.29, 1.82) is 0 Å². The van der Waals surface area contributed by atoms with Crippen LogP contribution in [0.15, 0.2) is 11.2 Å². The van der Waals surface area contributed by atoms with E-state index in [9.17, 15) is 0 Å². The Morgan fingerprint density at radius 3 is 2.58 bits per heavy atom. The molecule has 0 unspecified atom stereocenters. The molecule has 6 heteroatoms. The standard InChI is InChI=1S/C18H35N5.HI/c1-7-9-10-11-12-20-18(19-8-2)22(5)13-16-14-23(6)21-17(16)15(3)4;/h14-15H,7-13H2,1-6H3,(H,19,20);1H. The van der Waals surface area contributed by atoms with Gasteiger partial charge in [-0.1, -0.05) is 40.0 Å². The molecular weight excluding hydrogens is 413 g/mol. The minimum Gasteiger partial charge on any atom is -0.357 e. The van der Waals surface area contributed by atoms with Crippen LogP contribution in [0.5, 0.6) is 0 Å². The quantitative estimate of drug-likeness (QED) is 0.267. The number of hydrogen-bond acceptors (Lipinski definition) is 2. The van der Waals surface area contributed by atoms with E-state index in [0.29, 0.717) is 5.92 Å². The van der Waals surface area contributed by atoms with Gasteiger partial charge in [-0.15, -0.1) is 24.0 Å². The number of halogens is 1. The second-order valence-corrected chi connectivity index (χ2v) is 6.52. The summed E-state index contributed by atoms with van der Waals surface area (Å²) in [6.07, 6.45) is 7.12. The lowest BCUT2D eigenvalue weighted by Crippen LogP contribution is -2.38. The molecule has 0 aliphatic carbocycles. The summed E-state index contributed by atoms with van der Waals surface area (Å²) in [7, 11) is 4.09. The number of rotatable bonds is 9. The number of aromatic nitrogens is 2. The molecule has 0 atom stereocenters. The Bertz CT molecular complexity index is 482. The van der Waals surface area contributed by atoms with E-state index in [1.807, 2.05) is 11.7 Å². The Morgan fingerprint density at radius 1 is 1.29 bits per heavy atom. The van der Waals surface area contributed by atoms with Crippen molar-refractivity contribution in [3.63, 3.8) is 0 Å². The van der Waals surface area contributed by atoms with Gasteiger partial charge in [-0.2, -0.15) is 5.10 Å². The normalized spacial score (nSPS) is 11.5. The van der Waals surface area contributed by atoms with Gasteiger partial charge in [0.25, 0.3) is 0 Å². The molecule has 140 valence electrons. The molecule has 0 aliphatic rings. The Balaban J connectivity index is 0.00000529. The molecule has 1 aromatic heterocycles. The van der Waals surface area contributed by atoms with Crippen LogP contribution >= 0.6 is 24.0 Å². The van der Waals surface area contributed by atoms with Crippen molar-refractivity contribution in [2.24, 2.45) is 12.0 Å². The summed E-state index contributed by atoms with van der Waals surface area (Å²) in [6.45, 7) is 11.4. The molecule has 1 rings (SSSR count). The third-order valence-electron chi connectivity index (χ3n) is 3.86. The molecule has 1 aromatic rings. The summed E-state index contributed by atoms with van der Waals surface area (Å²) in [5.74, 6) is 1.43. The Kier molecular flexibility index (Phi) is 12.1. The minimum atomic E-state index is 0. The average molecular weight is 449 g/mol. The first-order valence-corrected chi connectivity index (χ1v) is 9.01. The van der Waals surface area contributed by atoms with E-state index >= 15 is 0 Å². The van der Waals surface area contributed by atoms with Gasteiger partial charge >= 0.3 is 0 Å². The highest BCUT2D eigenvalue weighted by Crippen LogP contribution is 2.18. The number of nitrogens with one attached hydrogen (secondary N) is 1. The summed E-state index contributed by atoms with van der Waals surface area (Å²) in [6, 6.07) is 0. The van der Waals surface area contributed by atoms with Gasteiger partial charge in [-0.3, -0.25) is 9.67 Å². The molecule has 0 aliphatic heterocycles. The lowest BCUT2D eigenvalue weighted by Gasteiger charge is -2.22. The zero-order valence-corrected chi connectivity index (χ0v) is 18.6. The second-order valence-electron chi connectivity index (χ2n) is 6.52. The number of aryl methyl sites for hydroxylation is 1. The van der Waals surface area contributed by atoms with E-state index in [1.165, 1.54) is 36.9 Å². The fourth-order valence-electron chi connectivity index (χ4n) is 2.69. The van der Waals surface area contributed by atoms with Crippen molar-refractivity contribution >= 4 is 29.9 Å². The highest BCUT2D eigenvalue weighted by molar-refractivity contribution is 14.0. The van der Waals surface area contributed by atoms with Gasteiger partial charge in [0.15, 0.2) is 5.96 Å². The van der Waals surface area contributed by atoms with Crippen molar-refractivity contribution in [3.8, 4) is 0 Å². The number of hydrogen-bond donors (Lipinski definition) is 1. The van der Waals surface area contributed by atoms with Crippen LogP contribution in [0.3, 0.4) is 0 Å². The van der Waals surface area contributed by atoms with Crippen molar-refractivity contribution < 1.29 is 0 Å². The van der Waals surface area contributed by atoms with E-state index in [0.717, 1.165) is 25.6 Å². The first kappa shape index (κ1) is 23.2. The lowest BCUT2D eigenvalue weighted by atomic mass is 10.1. The van der Waals surface area contributed by atoms with Crippen molar-refractivity contribution in [2.75, 3.05) is 20.1 Å². The summed E-state index contributed by atoms with van der Waals surface area (Å²) < 4.78 is 1.91. The van der Waals surface area contributed by atoms with Crippen LogP contribution in [0.2, 0.25) is 0 Å². The number of aliphatic imine (C=N–C) groups is 1. The fraction of sp³-hybridized carbons (Fsp3) is 0.778. The monoisotopic (exact) mass is 449 g/mol. The zero-order chi connectivity index (χ0) is 17.2. The summed E-state index contributed by atoms with van der Waals surface area (Å²) in [5.41, 5.74) is 2.46. The van der Waals surface area contributed by atoms with Gasteiger partial charge < -0.3 is 10.2 Å². The molecular formula is C18H36IN5. The van der Waals surface area contributed by atoms with E-state index in [1.54, 1.807) is 0 Å². The summed E-state index contributed by atoms with van der Waals surface area (Å²) in [5, 5.41) is 7.99. The van der Waals surface area contributed by atoms with Crippen LogP contribution < -0.4 is 5.32 Å². The molecule has 0 aromatic carbocycles. The third kappa shape index (κ3) is 7.85. The van der Waals surface area contributed by atoms with Gasteiger partial charge in [-0.25, -0.2) is 0 Å². The molecule has 0 radical (unpaired) electrons. The van der Waals surface area contributed by atoms with Gasteiger partial charge in [0, 0.05) is 45.5 Å². The topological polar surface area (TPSA) is 45.5 Å². The largest absolute Gasteiger partial charge is 0.357 e. The summed E-state index contributed by atoms with van der Waals surface area (Å²) >= 11 is 0. The molecule has 0 bridgehead atoms. The average Bonchev–Trinajstić information content (AvgIpc) is 2.86. The van der Waals surface area contributed by atoms with E-state index in [2.05, 4.69) is 56.3 Å². The van der Waals surface area contributed by atoms with Gasteiger partial charge in [0.1, 0.15) is 0 Å². The smallest absolute Gasteiger partial charge is 0.193 e. The molecule has 24 heavy (non-hydrogen) atoms. The maximum Gasteiger partial charge on any atom is 0.193 e. The summed E-state index contributed by atoms with van der Waals surface area (Å²) in [4.78, 5) is 6.97. The first-order valence-electron chi connectivity index (χ1n) is 9.01. The van der Waals surface area contributed by atoms with Crippen LogP contribution in [0.4, 0.5) is 0 Å². The molecule has 5 nitrogen and oxygen atoms in total. The van der Waals surface area contributed by atoms with E-state index in [-0.39, 0.29) is 24.0 Å². The second kappa shape index (κ2) is 12.6. The van der Waals surface area contributed by atoms with Gasteiger partial charge in [0.2, 0.25) is 0 Å². The SMILES string of the molecule is CCCCCCN=C(NCC)N(C)Cc1cn(C)nc1C(C)C.I. The molecule has 0 fully saturated rings. The first-order chi connectivity index (χ1) is 11.0. The van der Waals surface area contributed by atoms with Crippen molar-refractivity contribution in [1.82, 2.24) is 20.0 Å². The Labute approximate surface area is 165 Å². The minimum absolute atomic E-state index is 0. The van der Waals surface area contributed by atoms with Crippen LogP contribution in [-0.2, 0) is 13.6 Å². The number of guanidine groups is 1. The molecule has 0 saturated heterocycles. The van der Waals surface area contributed by atoms with Crippen LogP contribution in [0.1, 0.15) is 70.6 Å². The maximum absolute atomic E-state index is 4.77. The van der Waals surface area contributed by atoms with Crippen LogP contribution in [0.25, 0.3) is 0 Å². The van der Waals surface area contributed by atoms with Crippen molar-refractivity contribution in [3.05, 3.63) is 17.5 Å². The fourth-order valence-corrected chi connectivity index (χ4v) is 2.69. The Hall–Kier alpha value is -0.790. The third-order valence-corrected chi connectivity index (χ3v) is 3.86. The van der Waals surface area contributed by atoms with Gasteiger partial charge in [0.05, 0.1) is 5.69 Å². The molecule has 1 N–H and O–H groups in total. The molecule has 0 saturated carbocycles. The van der Waals surface area contributed by atoms with Crippen LogP contribution in [-0.4, -0.2) is 40.8 Å². The van der Waals surface area contributed by atoms with E-state index in [4.69, 9.17) is 4.99 Å². The van der Waals surface area contributed by atoms with E-state index < -0.39 is 0 Å². The highest BCUT2D eigenvalue weighted by atomic mass is 127. The molecule has 0 spiro atoms. The predicted octanol–water partition coefficient (Wildman–Crippen LogP) is 4.14. The highest BCUT2D eigenvalue weighted by Gasteiger charge is 2.14. The van der Waals surface area contributed by atoms with Crippen molar-refractivity contribution in [2.45, 2.75) is 65.8 Å². The predicted molar refractivity (Wildman–Crippen MR) is 114 cm³/mol. The van der Waals surface area contributed by atoms with Gasteiger partial charge in [-0.05, 0) is 19.3 Å². The maximum atomic E-state index is 4.77. The zero-order valence-electron chi connectivity index (χ0n) is 16.3. The lowest BCUT2D eigenvalue weighted by molar-refractivity contribution is 0.472. The molecule has 1 heterocycles. The number of nitrogens with zero attached hydrogens (tertiary/aromatic N) is 4. The Morgan fingerprint density at radius 2 is 2.00 bits per heavy atom. The molecule has 0 amide bonds. The van der Waals surface area contributed by atoms with Crippen LogP contribution in [0, 0.1) is 0 Å². The number of unbranched alkanes of at least 4 members (excludes halogenated alkanes) is 3.